The van der Waals surface area contributed by atoms with Crippen molar-refractivity contribution in [1.29, 1.82) is 0 Å². The third kappa shape index (κ3) is 2.88. The zero-order valence-electron chi connectivity index (χ0n) is 8.21. The molecule has 88 valence electrons. The van der Waals surface area contributed by atoms with Crippen LogP contribution in [0.15, 0.2) is 10.7 Å². The Labute approximate surface area is 98.4 Å². The molecule has 4 nitrogen and oxygen atoms in total. The fourth-order valence-corrected chi connectivity index (χ4v) is 1.80. The molecule has 0 aliphatic carbocycles. The van der Waals surface area contributed by atoms with Crippen molar-refractivity contribution in [2.75, 3.05) is 7.11 Å². The third-order valence-electron chi connectivity index (χ3n) is 1.79. The number of alkyl halides is 2. The molecule has 0 amide bonds. The van der Waals surface area contributed by atoms with Crippen molar-refractivity contribution >= 4 is 21.9 Å². The van der Waals surface area contributed by atoms with E-state index in [1.54, 1.807) is 0 Å². The van der Waals surface area contributed by atoms with Gasteiger partial charge in [0.05, 0.1) is 24.8 Å². The number of methoxy groups -OCH3 is 1. The monoisotopic (exact) mass is 295 g/mol. The van der Waals surface area contributed by atoms with Gasteiger partial charge in [0.1, 0.15) is 4.60 Å². The number of hydrogen-bond acceptors (Lipinski definition) is 3. The van der Waals surface area contributed by atoms with Crippen molar-refractivity contribution in [2.45, 2.75) is 12.8 Å². The summed E-state index contributed by atoms with van der Waals surface area (Å²) >= 11 is 2.95. The topological polar surface area (TPSA) is 59.4 Å². The lowest BCUT2D eigenvalue weighted by Crippen LogP contribution is -2.05. The van der Waals surface area contributed by atoms with Gasteiger partial charge >= 0.3 is 5.97 Å². The fraction of sp³-hybridized carbons (Fsp3) is 0.333. The minimum atomic E-state index is -2.75. The molecule has 0 atom stereocenters. The molecular formula is C9H8BrF2NO3. The van der Waals surface area contributed by atoms with Crippen molar-refractivity contribution in [1.82, 2.24) is 4.98 Å². The molecule has 0 saturated heterocycles. The zero-order valence-corrected chi connectivity index (χ0v) is 9.79. The van der Waals surface area contributed by atoms with Crippen LogP contribution in [0.1, 0.15) is 17.7 Å². The molecule has 16 heavy (non-hydrogen) atoms. The number of pyridine rings is 1. The van der Waals surface area contributed by atoms with E-state index in [0.29, 0.717) is 0 Å². The Balaban J connectivity index is 3.22. The van der Waals surface area contributed by atoms with Gasteiger partial charge in [-0.25, -0.2) is 13.8 Å². The van der Waals surface area contributed by atoms with Crippen LogP contribution < -0.4 is 4.74 Å². The number of rotatable bonds is 4. The summed E-state index contributed by atoms with van der Waals surface area (Å²) in [7, 11) is 1.24. The molecule has 0 aliphatic rings. The van der Waals surface area contributed by atoms with E-state index in [-0.39, 0.29) is 21.6 Å². The van der Waals surface area contributed by atoms with Crippen LogP contribution in [0.4, 0.5) is 8.78 Å². The first-order valence-electron chi connectivity index (χ1n) is 4.19. The molecule has 1 N–H and O–H groups in total. The summed E-state index contributed by atoms with van der Waals surface area (Å²) in [4.78, 5) is 14.2. The molecule has 1 heterocycles. The number of carbonyl (C=O) groups is 1. The highest BCUT2D eigenvalue weighted by molar-refractivity contribution is 9.10. The summed E-state index contributed by atoms with van der Waals surface area (Å²) in [6.07, 6.45) is -3.16. The number of aromatic nitrogens is 1. The normalized spacial score (nSPS) is 10.6. The van der Waals surface area contributed by atoms with Gasteiger partial charge in [-0.05, 0) is 22.0 Å². The van der Waals surface area contributed by atoms with E-state index in [9.17, 15) is 13.6 Å². The maximum Gasteiger partial charge on any atom is 0.309 e. The molecule has 1 aromatic rings. The highest BCUT2D eigenvalue weighted by Crippen LogP contribution is 2.34. The van der Waals surface area contributed by atoms with E-state index in [1.807, 2.05) is 0 Å². The van der Waals surface area contributed by atoms with Crippen LogP contribution in [0.3, 0.4) is 0 Å². The molecule has 0 saturated carbocycles. The Bertz CT molecular complexity index is 412. The van der Waals surface area contributed by atoms with Crippen LogP contribution in [-0.2, 0) is 11.2 Å². The molecule has 0 fully saturated rings. The molecule has 0 aliphatic heterocycles. The molecule has 1 rings (SSSR count). The summed E-state index contributed by atoms with van der Waals surface area (Å²) in [6.45, 7) is 0. The SMILES string of the molecule is COc1c(C(F)F)cc(CC(=O)O)nc1Br. The van der Waals surface area contributed by atoms with E-state index in [1.165, 1.54) is 7.11 Å². The van der Waals surface area contributed by atoms with Gasteiger partial charge in [-0.2, -0.15) is 0 Å². The minimum absolute atomic E-state index is 0.0514. The predicted octanol–water partition coefficient (Wildman–Crippen LogP) is 2.42. The van der Waals surface area contributed by atoms with Gasteiger partial charge in [0.25, 0.3) is 6.43 Å². The zero-order chi connectivity index (χ0) is 12.3. The Kier molecular flexibility index (Phi) is 4.17. The number of carboxylic acid groups (broad SMARTS) is 1. The molecular weight excluding hydrogens is 288 g/mol. The second-order valence-electron chi connectivity index (χ2n) is 2.90. The second-order valence-corrected chi connectivity index (χ2v) is 3.65. The Morgan fingerprint density at radius 1 is 1.69 bits per heavy atom. The summed E-state index contributed by atoms with van der Waals surface area (Å²) in [6, 6.07) is 1.03. The molecule has 0 bridgehead atoms. The molecule has 0 radical (unpaired) electrons. The highest BCUT2D eigenvalue weighted by atomic mass is 79.9. The van der Waals surface area contributed by atoms with E-state index in [4.69, 9.17) is 9.84 Å². The molecule has 1 aromatic heterocycles. The first kappa shape index (κ1) is 12.8. The second kappa shape index (κ2) is 5.20. The van der Waals surface area contributed by atoms with Crippen LogP contribution in [0.5, 0.6) is 5.75 Å². The Hall–Kier alpha value is -1.24. The fourth-order valence-electron chi connectivity index (χ4n) is 1.18. The Morgan fingerprint density at radius 3 is 2.75 bits per heavy atom. The van der Waals surface area contributed by atoms with Gasteiger partial charge in [0.15, 0.2) is 5.75 Å². The number of halogens is 3. The maximum atomic E-state index is 12.6. The number of nitrogens with zero attached hydrogens (tertiary/aromatic N) is 1. The van der Waals surface area contributed by atoms with Gasteiger partial charge in [-0.15, -0.1) is 0 Å². The number of carboxylic acids is 1. The number of ether oxygens (including phenoxy) is 1. The maximum absolute atomic E-state index is 12.6. The van der Waals surface area contributed by atoms with Gasteiger partial charge in [-0.1, -0.05) is 0 Å². The van der Waals surface area contributed by atoms with E-state index < -0.39 is 18.8 Å². The predicted molar refractivity (Wildman–Crippen MR) is 54.8 cm³/mol. The van der Waals surface area contributed by atoms with Crippen LogP contribution >= 0.6 is 15.9 Å². The first-order chi connectivity index (χ1) is 7.45. The van der Waals surface area contributed by atoms with Gasteiger partial charge < -0.3 is 9.84 Å². The van der Waals surface area contributed by atoms with E-state index >= 15 is 0 Å². The van der Waals surface area contributed by atoms with Crippen LogP contribution in [0, 0.1) is 0 Å². The lowest BCUT2D eigenvalue weighted by Gasteiger charge is -2.10. The number of aliphatic carboxylic acids is 1. The average Bonchev–Trinajstić information content (AvgIpc) is 2.15. The van der Waals surface area contributed by atoms with Gasteiger partial charge in [0, 0.05) is 0 Å². The largest absolute Gasteiger partial charge is 0.493 e. The van der Waals surface area contributed by atoms with Crippen molar-refractivity contribution in [3.63, 3.8) is 0 Å². The van der Waals surface area contributed by atoms with Crippen molar-refractivity contribution in [3.05, 3.63) is 21.9 Å². The molecule has 0 aromatic carbocycles. The third-order valence-corrected chi connectivity index (χ3v) is 2.32. The van der Waals surface area contributed by atoms with Crippen LogP contribution in [0.2, 0.25) is 0 Å². The number of hydrogen-bond donors (Lipinski definition) is 1. The summed E-state index contributed by atoms with van der Waals surface area (Å²) in [5, 5.41) is 8.54. The van der Waals surface area contributed by atoms with Gasteiger partial charge in [0.2, 0.25) is 0 Å². The van der Waals surface area contributed by atoms with E-state index in [2.05, 4.69) is 20.9 Å². The minimum Gasteiger partial charge on any atom is -0.493 e. The standard InChI is InChI=1S/C9H8BrF2NO3/c1-16-7-5(9(11)12)2-4(3-6(14)15)13-8(7)10/h2,9H,3H2,1H3,(H,14,15). The summed E-state index contributed by atoms with van der Waals surface area (Å²) < 4.78 is 30.1. The van der Waals surface area contributed by atoms with Crippen LogP contribution in [0.25, 0.3) is 0 Å². The Morgan fingerprint density at radius 2 is 2.31 bits per heavy atom. The quantitative estimate of drug-likeness (QED) is 0.867. The van der Waals surface area contributed by atoms with Crippen LogP contribution in [-0.4, -0.2) is 23.2 Å². The van der Waals surface area contributed by atoms with E-state index in [0.717, 1.165) is 6.07 Å². The average molecular weight is 296 g/mol. The smallest absolute Gasteiger partial charge is 0.309 e. The lowest BCUT2D eigenvalue weighted by molar-refractivity contribution is -0.136. The van der Waals surface area contributed by atoms with Crippen molar-refractivity contribution in [2.24, 2.45) is 0 Å². The summed E-state index contributed by atoms with van der Waals surface area (Å²) in [5.74, 6) is -1.21. The lowest BCUT2D eigenvalue weighted by atomic mass is 10.2. The molecule has 7 heteroatoms. The molecule has 0 spiro atoms. The van der Waals surface area contributed by atoms with Crippen molar-refractivity contribution < 1.29 is 23.4 Å². The van der Waals surface area contributed by atoms with Crippen molar-refractivity contribution in [3.8, 4) is 5.75 Å². The summed E-state index contributed by atoms with van der Waals surface area (Å²) in [5.41, 5.74) is -0.323. The first-order valence-corrected chi connectivity index (χ1v) is 4.98. The highest BCUT2D eigenvalue weighted by Gasteiger charge is 2.19. The molecule has 0 unspecified atom stereocenters. The van der Waals surface area contributed by atoms with Gasteiger partial charge in [-0.3, -0.25) is 4.79 Å².